The summed E-state index contributed by atoms with van der Waals surface area (Å²) in [6.07, 6.45) is 0.250. The molecule has 0 fully saturated rings. The molecule has 0 saturated carbocycles. The minimum absolute atomic E-state index is 0.108. The standard InChI is InChI=1S/C14H20FN3O3/c1-14(2,3)17-13(19)6-7-16-9-10-8-11(15)4-5-12(10)18(20)21/h4-5,8,16H,6-7,9H2,1-3H3,(H,17,19). The zero-order valence-corrected chi connectivity index (χ0v) is 12.4. The van der Waals surface area contributed by atoms with Gasteiger partial charge in [-0.1, -0.05) is 0 Å². The molecule has 0 radical (unpaired) electrons. The maximum Gasteiger partial charge on any atom is 0.274 e. The van der Waals surface area contributed by atoms with Crippen LogP contribution in [0.4, 0.5) is 10.1 Å². The van der Waals surface area contributed by atoms with Crippen LogP contribution in [0.25, 0.3) is 0 Å². The largest absolute Gasteiger partial charge is 0.351 e. The fourth-order valence-electron chi connectivity index (χ4n) is 1.78. The second-order valence-corrected chi connectivity index (χ2v) is 5.76. The second kappa shape index (κ2) is 7.12. The smallest absolute Gasteiger partial charge is 0.274 e. The van der Waals surface area contributed by atoms with Crippen molar-refractivity contribution in [2.75, 3.05) is 6.54 Å². The Labute approximate surface area is 122 Å². The molecule has 6 nitrogen and oxygen atoms in total. The van der Waals surface area contributed by atoms with E-state index in [1.807, 2.05) is 20.8 Å². The van der Waals surface area contributed by atoms with Gasteiger partial charge in [-0.15, -0.1) is 0 Å². The molecule has 0 heterocycles. The summed E-state index contributed by atoms with van der Waals surface area (Å²) in [7, 11) is 0. The van der Waals surface area contributed by atoms with Crippen molar-refractivity contribution >= 4 is 11.6 Å². The van der Waals surface area contributed by atoms with Gasteiger partial charge in [0, 0.05) is 36.7 Å². The fourth-order valence-corrected chi connectivity index (χ4v) is 1.78. The molecule has 0 aliphatic rings. The number of amides is 1. The third-order valence-electron chi connectivity index (χ3n) is 2.60. The van der Waals surface area contributed by atoms with Gasteiger partial charge in [-0.3, -0.25) is 14.9 Å². The first-order valence-corrected chi connectivity index (χ1v) is 6.63. The van der Waals surface area contributed by atoms with Crippen LogP contribution in [0, 0.1) is 15.9 Å². The lowest BCUT2D eigenvalue weighted by molar-refractivity contribution is -0.385. The van der Waals surface area contributed by atoms with E-state index >= 15 is 0 Å². The zero-order chi connectivity index (χ0) is 16.0. The second-order valence-electron chi connectivity index (χ2n) is 5.76. The molecule has 116 valence electrons. The molecule has 0 spiro atoms. The van der Waals surface area contributed by atoms with Gasteiger partial charge in [-0.2, -0.15) is 0 Å². The lowest BCUT2D eigenvalue weighted by atomic mass is 10.1. The molecule has 1 amide bonds. The van der Waals surface area contributed by atoms with Gasteiger partial charge >= 0.3 is 0 Å². The summed E-state index contributed by atoms with van der Waals surface area (Å²) in [6, 6.07) is 3.32. The van der Waals surface area contributed by atoms with Crippen LogP contribution in [0.15, 0.2) is 18.2 Å². The lowest BCUT2D eigenvalue weighted by Gasteiger charge is -2.20. The van der Waals surface area contributed by atoms with Gasteiger partial charge in [-0.05, 0) is 32.9 Å². The van der Waals surface area contributed by atoms with Crippen molar-refractivity contribution in [3.8, 4) is 0 Å². The molecule has 0 saturated heterocycles. The molecule has 1 rings (SSSR count). The van der Waals surface area contributed by atoms with Crippen LogP contribution in [0.2, 0.25) is 0 Å². The van der Waals surface area contributed by atoms with Crippen LogP contribution >= 0.6 is 0 Å². The average molecular weight is 297 g/mol. The highest BCUT2D eigenvalue weighted by Gasteiger charge is 2.15. The molecular formula is C14H20FN3O3. The van der Waals surface area contributed by atoms with Gasteiger partial charge < -0.3 is 10.6 Å². The number of nitro benzene ring substituents is 1. The summed E-state index contributed by atoms with van der Waals surface area (Å²) in [6.45, 7) is 6.14. The summed E-state index contributed by atoms with van der Waals surface area (Å²) in [5.41, 5.74) is -0.169. The molecule has 0 aliphatic carbocycles. The van der Waals surface area contributed by atoms with Gasteiger partial charge in [0.2, 0.25) is 5.91 Å². The van der Waals surface area contributed by atoms with E-state index in [1.165, 1.54) is 0 Å². The molecule has 0 aromatic heterocycles. The highest BCUT2D eigenvalue weighted by molar-refractivity contribution is 5.76. The van der Waals surface area contributed by atoms with Crippen LogP contribution in [0.3, 0.4) is 0 Å². The third kappa shape index (κ3) is 6.31. The number of carbonyl (C=O) groups excluding carboxylic acids is 1. The number of benzene rings is 1. The van der Waals surface area contributed by atoms with E-state index < -0.39 is 10.7 Å². The molecule has 0 atom stereocenters. The normalized spacial score (nSPS) is 11.2. The fraction of sp³-hybridized carbons (Fsp3) is 0.500. The summed E-state index contributed by atoms with van der Waals surface area (Å²) in [5, 5.41) is 16.5. The van der Waals surface area contributed by atoms with Crippen molar-refractivity contribution < 1.29 is 14.1 Å². The Bertz CT molecular complexity index is 527. The summed E-state index contributed by atoms with van der Waals surface area (Å²) in [4.78, 5) is 21.8. The van der Waals surface area contributed by atoms with Crippen molar-refractivity contribution in [2.24, 2.45) is 0 Å². The molecule has 2 N–H and O–H groups in total. The number of hydrogen-bond acceptors (Lipinski definition) is 4. The highest BCUT2D eigenvalue weighted by atomic mass is 19.1. The van der Waals surface area contributed by atoms with E-state index in [0.717, 1.165) is 18.2 Å². The van der Waals surface area contributed by atoms with E-state index in [-0.39, 0.29) is 35.7 Å². The Morgan fingerprint density at radius 2 is 2.05 bits per heavy atom. The summed E-state index contributed by atoms with van der Waals surface area (Å²) < 4.78 is 13.1. The van der Waals surface area contributed by atoms with Crippen molar-refractivity contribution in [2.45, 2.75) is 39.3 Å². The number of halogens is 1. The average Bonchev–Trinajstić information content (AvgIpc) is 2.32. The minimum Gasteiger partial charge on any atom is -0.351 e. The van der Waals surface area contributed by atoms with Crippen LogP contribution in [0.5, 0.6) is 0 Å². The van der Waals surface area contributed by atoms with Crippen LogP contribution < -0.4 is 10.6 Å². The Kier molecular flexibility index (Phi) is 5.78. The molecule has 21 heavy (non-hydrogen) atoms. The molecule has 7 heteroatoms. The Balaban J connectivity index is 2.48. The predicted molar refractivity (Wildman–Crippen MR) is 77.3 cm³/mol. The first-order chi connectivity index (χ1) is 9.69. The van der Waals surface area contributed by atoms with Crippen LogP contribution in [0.1, 0.15) is 32.8 Å². The third-order valence-corrected chi connectivity index (χ3v) is 2.60. The van der Waals surface area contributed by atoms with Crippen molar-refractivity contribution in [3.63, 3.8) is 0 Å². The number of nitro groups is 1. The quantitative estimate of drug-likeness (QED) is 0.478. The topological polar surface area (TPSA) is 84.3 Å². The molecular weight excluding hydrogens is 277 g/mol. The maximum absolute atomic E-state index is 13.1. The van der Waals surface area contributed by atoms with Gasteiger partial charge in [0.15, 0.2) is 0 Å². The highest BCUT2D eigenvalue weighted by Crippen LogP contribution is 2.19. The van der Waals surface area contributed by atoms with E-state index in [1.54, 1.807) is 0 Å². The van der Waals surface area contributed by atoms with Crippen molar-refractivity contribution in [1.29, 1.82) is 0 Å². The SMILES string of the molecule is CC(C)(C)NC(=O)CCNCc1cc(F)ccc1[N+](=O)[O-]. The van der Waals surface area contributed by atoms with Gasteiger partial charge in [0.1, 0.15) is 5.82 Å². The number of rotatable bonds is 6. The first kappa shape index (κ1) is 17.0. The molecule has 0 unspecified atom stereocenters. The van der Waals surface area contributed by atoms with Crippen molar-refractivity contribution in [1.82, 2.24) is 10.6 Å². The van der Waals surface area contributed by atoms with Gasteiger partial charge in [-0.25, -0.2) is 4.39 Å². The predicted octanol–water partition coefficient (Wildman–Crippen LogP) is 2.13. The molecule has 1 aromatic carbocycles. The Hall–Kier alpha value is -2.02. The van der Waals surface area contributed by atoms with Crippen molar-refractivity contribution in [3.05, 3.63) is 39.7 Å². The lowest BCUT2D eigenvalue weighted by Crippen LogP contribution is -2.41. The number of nitrogens with one attached hydrogen (secondary N) is 2. The minimum atomic E-state index is -0.553. The van der Waals surface area contributed by atoms with Crippen LogP contribution in [-0.4, -0.2) is 22.9 Å². The number of hydrogen-bond donors (Lipinski definition) is 2. The molecule has 0 bridgehead atoms. The van der Waals surface area contributed by atoms with Gasteiger partial charge in [0.05, 0.1) is 4.92 Å². The van der Waals surface area contributed by atoms with Crippen LogP contribution in [-0.2, 0) is 11.3 Å². The molecule has 1 aromatic rings. The Morgan fingerprint density at radius 3 is 2.62 bits per heavy atom. The van der Waals surface area contributed by atoms with E-state index in [2.05, 4.69) is 10.6 Å². The Morgan fingerprint density at radius 1 is 1.38 bits per heavy atom. The summed E-state index contributed by atoms with van der Waals surface area (Å²) in [5.74, 6) is -0.633. The molecule has 0 aliphatic heterocycles. The first-order valence-electron chi connectivity index (χ1n) is 6.63. The van der Waals surface area contributed by atoms with E-state index in [9.17, 15) is 19.3 Å². The maximum atomic E-state index is 13.1. The number of carbonyl (C=O) groups is 1. The zero-order valence-electron chi connectivity index (χ0n) is 12.4. The van der Waals surface area contributed by atoms with E-state index in [4.69, 9.17) is 0 Å². The number of nitrogens with zero attached hydrogens (tertiary/aromatic N) is 1. The van der Waals surface area contributed by atoms with E-state index in [0.29, 0.717) is 6.54 Å². The van der Waals surface area contributed by atoms with Gasteiger partial charge in [0.25, 0.3) is 5.69 Å². The summed E-state index contributed by atoms with van der Waals surface area (Å²) >= 11 is 0. The monoisotopic (exact) mass is 297 g/mol.